The Morgan fingerprint density at radius 1 is 1.53 bits per heavy atom. The highest BCUT2D eigenvalue weighted by Gasteiger charge is 2.64. The van der Waals surface area contributed by atoms with Crippen molar-refractivity contribution < 1.29 is 29.2 Å². The van der Waals surface area contributed by atoms with Gasteiger partial charge in [0.1, 0.15) is 12.7 Å². The van der Waals surface area contributed by atoms with Crippen molar-refractivity contribution >= 4 is 5.97 Å². The summed E-state index contributed by atoms with van der Waals surface area (Å²) in [6.07, 6.45) is 1.87. The van der Waals surface area contributed by atoms with Crippen LogP contribution in [-0.2, 0) is 19.0 Å². The molecule has 2 fully saturated rings. The molecule has 0 amide bonds. The summed E-state index contributed by atoms with van der Waals surface area (Å²) in [5.41, 5.74) is 0. The van der Waals surface area contributed by atoms with Crippen LogP contribution in [0.3, 0.4) is 0 Å². The van der Waals surface area contributed by atoms with E-state index in [9.17, 15) is 15.0 Å². The molecular formula is C11H14O6. The smallest absolute Gasteiger partial charge is 0.315 e. The lowest BCUT2D eigenvalue weighted by atomic mass is 9.80. The molecule has 6 nitrogen and oxygen atoms in total. The lowest BCUT2D eigenvalue weighted by Crippen LogP contribution is -2.59. The summed E-state index contributed by atoms with van der Waals surface area (Å²) in [4.78, 5) is 11.8. The molecule has 0 spiro atoms. The first-order chi connectivity index (χ1) is 8.13. The van der Waals surface area contributed by atoms with Gasteiger partial charge in [-0.05, 0) is 0 Å². The summed E-state index contributed by atoms with van der Waals surface area (Å²) in [7, 11) is 1.34. The maximum absolute atomic E-state index is 11.8. The molecule has 3 aliphatic rings. The van der Waals surface area contributed by atoms with E-state index in [0.29, 0.717) is 0 Å². The van der Waals surface area contributed by atoms with Gasteiger partial charge >= 0.3 is 5.97 Å². The van der Waals surface area contributed by atoms with Gasteiger partial charge in [0.05, 0.1) is 5.92 Å². The van der Waals surface area contributed by atoms with Gasteiger partial charge in [-0.15, -0.1) is 0 Å². The molecule has 3 rings (SSSR count). The van der Waals surface area contributed by atoms with Gasteiger partial charge in [-0.1, -0.05) is 12.2 Å². The van der Waals surface area contributed by atoms with E-state index in [1.165, 1.54) is 7.11 Å². The highest BCUT2D eigenvalue weighted by atomic mass is 16.8. The largest absolute Gasteiger partial charge is 0.427 e. The summed E-state index contributed by atoms with van der Waals surface area (Å²) in [5, 5.41) is 19.2. The molecule has 0 aromatic carbocycles. The molecule has 2 heterocycles. The number of rotatable bonds is 2. The summed E-state index contributed by atoms with van der Waals surface area (Å²) < 4.78 is 15.7. The van der Waals surface area contributed by atoms with Gasteiger partial charge in [0.15, 0.2) is 6.29 Å². The minimum absolute atomic E-state index is 0.224. The van der Waals surface area contributed by atoms with Crippen molar-refractivity contribution in [3.8, 4) is 0 Å². The Morgan fingerprint density at radius 3 is 2.94 bits per heavy atom. The number of hydrogen-bond donors (Lipinski definition) is 2. The molecule has 2 aliphatic heterocycles. The molecule has 0 saturated carbocycles. The van der Waals surface area contributed by atoms with Gasteiger partial charge in [0.25, 0.3) is 5.79 Å². The van der Waals surface area contributed by atoms with E-state index in [2.05, 4.69) is 0 Å². The molecule has 2 N–H and O–H groups in total. The molecule has 2 saturated heterocycles. The predicted octanol–water partition coefficient (Wildman–Crippen LogP) is -0.986. The highest BCUT2D eigenvalue weighted by Crippen LogP contribution is 2.51. The van der Waals surface area contributed by atoms with Crippen LogP contribution >= 0.6 is 0 Å². The third-order valence-corrected chi connectivity index (χ3v) is 3.91. The van der Waals surface area contributed by atoms with Crippen molar-refractivity contribution in [3.05, 3.63) is 12.2 Å². The lowest BCUT2D eigenvalue weighted by molar-refractivity contribution is -0.308. The maximum atomic E-state index is 11.8. The molecule has 6 heteroatoms. The van der Waals surface area contributed by atoms with E-state index in [1.807, 2.05) is 0 Å². The second kappa shape index (κ2) is 3.52. The van der Waals surface area contributed by atoms with E-state index < -0.39 is 36.7 Å². The van der Waals surface area contributed by atoms with Crippen LogP contribution in [0.5, 0.6) is 0 Å². The van der Waals surface area contributed by atoms with Crippen LogP contribution in [0.25, 0.3) is 0 Å². The molecule has 17 heavy (non-hydrogen) atoms. The van der Waals surface area contributed by atoms with E-state index in [1.54, 1.807) is 12.2 Å². The molecule has 1 aliphatic carbocycles. The number of hydrogen-bond acceptors (Lipinski definition) is 6. The van der Waals surface area contributed by atoms with Crippen molar-refractivity contribution in [1.29, 1.82) is 0 Å². The molecule has 94 valence electrons. The van der Waals surface area contributed by atoms with E-state index in [4.69, 9.17) is 14.2 Å². The topological polar surface area (TPSA) is 85.2 Å². The number of aliphatic hydroxyl groups excluding tert-OH is 2. The average Bonchev–Trinajstić information content (AvgIpc) is 2.89. The molecular weight excluding hydrogens is 228 g/mol. The number of esters is 1. The summed E-state index contributed by atoms with van der Waals surface area (Å²) >= 11 is 0. The summed E-state index contributed by atoms with van der Waals surface area (Å²) in [6, 6.07) is 0. The van der Waals surface area contributed by atoms with Gasteiger partial charge in [0.2, 0.25) is 0 Å². The fraction of sp³-hybridized carbons (Fsp3) is 0.727. The van der Waals surface area contributed by atoms with Crippen molar-refractivity contribution in [1.82, 2.24) is 0 Å². The number of carbonyl (C=O) groups excluding carboxylic acids is 1. The normalized spacial score (nSPS) is 51.5. The zero-order valence-electron chi connectivity index (χ0n) is 9.28. The molecule has 0 aromatic rings. The summed E-state index contributed by atoms with van der Waals surface area (Å²) in [5.74, 6) is -2.83. The van der Waals surface area contributed by atoms with Crippen LogP contribution in [0.15, 0.2) is 12.2 Å². The van der Waals surface area contributed by atoms with Gasteiger partial charge in [0, 0.05) is 18.9 Å². The van der Waals surface area contributed by atoms with Crippen LogP contribution in [0, 0.1) is 17.8 Å². The molecule has 6 atom stereocenters. The highest BCUT2D eigenvalue weighted by molar-refractivity contribution is 5.77. The van der Waals surface area contributed by atoms with Crippen molar-refractivity contribution in [2.45, 2.75) is 18.2 Å². The third kappa shape index (κ3) is 1.26. The standard InChI is InChI=1S/C11H14O6/c1-15-11(4-12)8-7-5(9(13)16-8)2-3-6(7)10(14)17-11/h2-3,5-9,12-13H,4H2,1H3/t5-,6+,7-,8-,9-,11-/m0/s1. The molecule has 0 radical (unpaired) electrons. The number of methoxy groups -OCH3 is 1. The van der Waals surface area contributed by atoms with Gasteiger partial charge in [-0.3, -0.25) is 4.79 Å². The second-order valence-corrected chi connectivity index (χ2v) is 4.61. The van der Waals surface area contributed by atoms with Crippen LogP contribution in [-0.4, -0.2) is 48.1 Å². The third-order valence-electron chi connectivity index (χ3n) is 3.91. The first-order valence-electron chi connectivity index (χ1n) is 5.53. The fourth-order valence-electron chi connectivity index (χ4n) is 3.02. The predicted molar refractivity (Wildman–Crippen MR) is 53.4 cm³/mol. The average molecular weight is 242 g/mol. The Morgan fingerprint density at radius 2 is 2.29 bits per heavy atom. The number of carbonyl (C=O) groups is 1. The maximum Gasteiger partial charge on any atom is 0.315 e. The van der Waals surface area contributed by atoms with Crippen molar-refractivity contribution in [3.63, 3.8) is 0 Å². The Hall–Kier alpha value is -0.950. The monoisotopic (exact) mass is 242 g/mol. The van der Waals surface area contributed by atoms with Crippen LogP contribution < -0.4 is 0 Å². The first-order valence-corrected chi connectivity index (χ1v) is 5.53. The van der Waals surface area contributed by atoms with E-state index >= 15 is 0 Å². The molecule has 0 bridgehead atoms. The van der Waals surface area contributed by atoms with E-state index in [-0.39, 0.29) is 11.8 Å². The summed E-state index contributed by atoms with van der Waals surface area (Å²) in [6.45, 7) is -0.497. The van der Waals surface area contributed by atoms with E-state index in [0.717, 1.165) is 0 Å². The Labute approximate surface area is 97.8 Å². The number of aliphatic hydroxyl groups is 2. The fourth-order valence-corrected chi connectivity index (χ4v) is 3.02. The minimum Gasteiger partial charge on any atom is -0.427 e. The Bertz CT molecular complexity index is 374. The molecule has 0 unspecified atom stereocenters. The zero-order valence-corrected chi connectivity index (χ0v) is 9.28. The van der Waals surface area contributed by atoms with Crippen LogP contribution in [0.1, 0.15) is 0 Å². The quantitative estimate of drug-likeness (QED) is 0.478. The van der Waals surface area contributed by atoms with Crippen molar-refractivity contribution in [2.75, 3.05) is 13.7 Å². The van der Waals surface area contributed by atoms with Gasteiger partial charge < -0.3 is 24.4 Å². The second-order valence-electron chi connectivity index (χ2n) is 4.61. The zero-order chi connectivity index (χ0) is 12.2. The Balaban J connectivity index is 2.02. The number of cyclic esters (lactones) is 1. The lowest BCUT2D eigenvalue weighted by Gasteiger charge is -2.42. The number of ether oxygens (including phenoxy) is 3. The Kier molecular flexibility index (Phi) is 2.31. The minimum atomic E-state index is -1.50. The van der Waals surface area contributed by atoms with Gasteiger partial charge in [-0.25, -0.2) is 0 Å². The first kappa shape index (κ1) is 11.2. The SMILES string of the molecule is CO[C@@]1(CO)OC(=O)[C@@H]2C=C[C@H]3[C@@H]2[C@@H]1O[C@@H]3O. The van der Waals surface area contributed by atoms with Crippen molar-refractivity contribution in [2.24, 2.45) is 17.8 Å². The van der Waals surface area contributed by atoms with Gasteiger partial charge in [-0.2, -0.15) is 0 Å². The van der Waals surface area contributed by atoms with Crippen LogP contribution in [0.2, 0.25) is 0 Å². The van der Waals surface area contributed by atoms with Crippen LogP contribution in [0.4, 0.5) is 0 Å². The molecule has 0 aromatic heterocycles.